The highest BCUT2D eigenvalue weighted by molar-refractivity contribution is 7.91. The third-order valence-electron chi connectivity index (χ3n) is 2.62. The summed E-state index contributed by atoms with van der Waals surface area (Å²) < 4.78 is 23.9. The maximum Gasteiger partial charge on any atom is 0.178 e. The van der Waals surface area contributed by atoms with Gasteiger partial charge in [-0.25, -0.2) is 8.42 Å². The van der Waals surface area contributed by atoms with E-state index < -0.39 is 9.84 Å². The number of nitrogens with one attached hydrogen (secondary N) is 1. The highest BCUT2D eigenvalue weighted by Gasteiger charge is 2.13. The van der Waals surface area contributed by atoms with Crippen molar-refractivity contribution < 1.29 is 8.42 Å². The van der Waals surface area contributed by atoms with Crippen LogP contribution in [0.4, 0.5) is 0 Å². The van der Waals surface area contributed by atoms with E-state index in [0.29, 0.717) is 16.3 Å². The van der Waals surface area contributed by atoms with Crippen molar-refractivity contribution in [3.8, 4) is 0 Å². The van der Waals surface area contributed by atoms with E-state index in [4.69, 9.17) is 11.6 Å². The second-order valence-electron chi connectivity index (χ2n) is 4.23. The smallest absolute Gasteiger partial charge is 0.178 e. The molecule has 0 aromatic heterocycles. The minimum Gasteiger partial charge on any atom is -0.317 e. The molecule has 102 valence electrons. The van der Waals surface area contributed by atoms with Gasteiger partial charge < -0.3 is 5.32 Å². The maximum atomic E-state index is 12.0. The van der Waals surface area contributed by atoms with Crippen LogP contribution in [-0.4, -0.2) is 27.3 Å². The molecular formula is C13H20ClNO2S. The summed E-state index contributed by atoms with van der Waals surface area (Å²) in [5.41, 5.74) is 0. The first kappa shape index (κ1) is 15.5. The van der Waals surface area contributed by atoms with Gasteiger partial charge in [0.1, 0.15) is 0 Å². The van der Waals surface area contributed by atoms with Crippen LogP contribution in [0, 0.1) is 0 Å². The van der Waals surface area contributed by atoms with Crippen molar-refractivity contribution in [3.05, 3.63) is 29.3 Å². The molecule has 0 unspecified atom stereocenters. The molecule has 5 heteroatoms. The van der Waals surface area contributed by atoms with Crippen molar-refractivity contribution in [1.29, 1.82) is 0 Å². The topological polar surface area (TPSA) is 46.2 Å². The summed E-state index contributed by atoms with van der Waals surface area (Å²) in [6.07, 6.45) is 2.66. The molecule has 3 nitrogen and oxygen atoms in total. The predicted molar refractivity (Wildman–Crippen MR) is 75.9 cm³/mol. The molecule has 1 rings (SSSR count). The molecule has 0 radical (unpaired) electrons. The van der Waals surface area contributed by atoms with Gasteiger partial charge in [-0.15, -0.1) is 0 Å². The van der Waals surface area contributed by atoms with Crippen LogP contribution in [0.2, 0.25) is 5.02 Å². The van der Waals surface area contributed by atoms with Gasteiger partial charge in [0.15, 0.2) is 9.84 Å². The van der Waals surface area contributed by atoms with Gasteiger partial charge in [0, 0.05) is 5.02 Å². The zero-order valence-electron chi connectivity index (χ0n) is 10.7. The first-order chi connectivity index (χ1) is 8.56. The lowest BCUT2D eigenvalue weighted by Crippen LogP contribution is -2.17. The van der Waals surface area contributed by atoms with Crippen LogP contribution in [0.5, 0.6) is 0 Å². The average Bonchev–Trinajstić information content (AvgIpc) is 2.34. The fraction of sp³-hybridized carbons (Fsp3) is 0.538. The number of unbranched alkanes of at least 4 members (excludes halogenated alkanes) is 1. The van der Waals surface area contributed by atoms with Crippen LogP contribution in [-0.2, 0) is 9.84 Å². The predicted octanol–water partition coefficient (Wildman–Crippen LogP) is 2.89. The molecule has 0 saturated carbocycles. The molecule has 1 aromatic rings. The average molecular weight is 290 g/mol. The Bertz CT molecular complexity index is 443. The van der Waals surface area contributed by atoms with Gasteiger partial charge in [-0.05, 0) is 56.6 Å². The Morgan fingerprint density at radius 1 is 1.11 bits per heavy atom. The minimum absolute atomic E-state index is 0.197. The van der Waals surface area contributed by atoms with Crippen molar-refractivity contribution in [1.82, 2.24) is 5.32 Å². The Kier molecular flexibility index (Phi) is 6.68. The summed E-state index contributed by atoms with van der Waals surface area (Å²) in [7, 11) is -3.16. The second kappa shape index (κ2) is 7.77. The van der Waals surface area contributed by atoms with Crippen molar-refractivity contribution in [2.75, 3.05) is 18.8 Å². The lowest BCUT2D eigenvalue weighted by molar-refractivity contribution is 0.586. The summed E-state index contributed by atoms with van der Waals surface area (Å²) in [6, 6.07) is 6.34. The Balaban J connectivity index is 2.38. The highest BCUT2D eigenvalue weighted by atomic mass is 35.5. The number of benzene rings is 1. The normalized spacial score (nSPS) is 11.7. The highest BCUT2D eigenvalue weighted by Crippen LogP contribution is 2.16. The Hall–Kier alpha value is -0.580. The molecule has 0 bridgehead atoms. The molecule has 0 aliphatic carbocycles. The van der Waals surface area contributed by atoms with E-state index in [-0.39, 0.29) is 5.75 Å². The number of hydrogen-bond acceptors (Lipinski definition) is 3. The maximum absolute atomic E-state index is 12.0. The van der Waals surface area contributed by atoms with E-state index in [1.807, 2.05) is 0 Å². The second-order valence-corrected chi connectivity index (χ2v) is 6.78. The SMILES string of the molecule is CCCNCCCCS(=O)(=O)c1ccc(Cl)cc1. The molecule has 0 aliphatic heterocycles. The zero-order valence-corrected chi connectivity index (χ0v) is 12.2. The van der Waals surface area contributed by atoms with Crippen LogP contribution >= 0.6 is 11.6 Å². The van der Waals surface area contributed by atoms with E-state index in [1.54, 1.807) is 24.3 Å². The molecule has 18 heavy (non-hydrogen) atoms. The Morgan fingerprint density at radius 2 is 1.78 bits per heavy atom. The van der Waals surface area contributed by atoms with E-state index in [0.717, 1.165) is 25.9 Å². The Labute approximate surface area is 114 Å². The van der Waals surface area contributed by atoms with Gasteiger partial charge in [0.05, 0.1) is 10.6 Å². The molecule has 0 heterocycles. The third-order valence-corrected chi connectivity index (χ3v) is 4.68. The molecular weight excluding hydrogens is 270 g/mol. The van der Waals surface area contributed by atoms with Crippen LogP contribution < -0.4 is 5.32 Å². The molecule has 0 saturated heterocycles. The van der Waals surface area contributed by atoms with Crippen molar-refractivity contribution >= 4 is 21.4 Å². The number of halogens is 1. The molecule has 0 fully saturated rings. The van der Waals surface area contributed by atoms with Crippen molar-refractivity contribution in [3.63, 3.8) is 0 Å². The monoisotopic (exact) mass is 289 g/mol. The van der Waals surface area contributed by atoms with E-state index in [1.165, 1.54) is 0 Å². The van der Waals surface area contributed by atoms with Gasteiger partial charge in [-0.3, -0.25) is 0 Å². The van der Waals surface area contributed by atoms with Crippen LogP contribution in [0.3, 0.4) is 0 Å². The summed E-state index contributed by atoms with van der Waals surface area (Å²) >= 11 is 5.73. The summed E-state index contributed by atoms with van der Waals surface area (Å²) in [6.45, 7) is 3.98. The number of rotatable bonds is 8. The summed E-state index contributed by atoms with van der Waals surface area (Å²) in [5, 5.41) is 3.81. The van der Waals surface area contributed by atoms with E-state index in [9.17, 15) is 8.42 Å². The molecule has 0 atom stereocenters. The zero-order chi connectivity index (χ0) is 13.4. The largest absolute Gasteiger partial charge is 0.317 e. The van der Waals surface area contributed by atoms with Gasteiger partial charge in [-0.1, -0.05) is 18.5 Å². The molecule has 0 spiro atoms. The van der Waals surface area contributed by atoms with Crippen LogP contribution in [0.1, 0.15) is 26.2 Å². The van der Waals surface area contributed by atoms with Crippen molar-refractivity contribution in [2.45, 2.75) is 31.1 Å². The first-order valence-electron chi connectivity index (χ1n) is 6.25. The third kappa shape index (κ3) is 5.38. The van der Waals surface area contributed by atoms with Gasteiger partial charge in [0.2, 0.25) is 0 Å². The molecule has 0 aliphatic rings. The van der Waals surface area contributed by atoms with Gasteiger partial charge >= 0.3 is 0 Å². The standard InChI is InChI=1S/C13H20ClNO2S/c1-2-9-15-10-3-4-11-18(16,17)13-7-5-12(14)6-8-13/h5-8,15H,2-4,9-11H2,1H3. The first-order valence-corrected chi connectivity index (χ1v) is 8.28. The summed E-state index contributed by atoms with van der Waals surface area (Å²) in [5.74, 6) is 0.197. The number of sulfone groups is 1. The van der Waals surface area contributed by atoms with E-state index in [2.05, 4.69) is 12.2 Å². The fourth-order valence-electron chi connectivity index (χ4n) is 1.60. The lowest BCUT2D eigenvalue weighted by Gasteiger charge is -2.05. The van der Waals surface area contributed by atoms with Crippen LogP contribution in [0.25, 0.3) is 0 Å². The fourth-order valence-corrected chi connectivity index (χ4v) is 3.10. The molecule has 0 amide bonds. The van der Waals surface area contributed by atoms with Crippen LogP contribution in [0.15, 0.2) is 29.2 Å². The van der Waals surface area contributed by atoms with E-state index >= 15 is 0 Å². The molecule has 1 aromatic carbocycles. The number of hydrogen-bond donors (Lipinski definition) is 1. The Morgan fingerprint density at radius 3 is 2.39 bits per heavy atom. The quantitative estimate of drug-likeness (QED) is 0.749. The minimum atomic E-state index is -3.16. The van der Waals surface area contributed by atoms with Crippen molar-refractivity contribution in [2.24, 2.45) is 0 Å². The summed E-state index contributed by atoms with van der Waals surface area (Å²) in [4.78, 5) is 0.355. The van der Waals surface area contributed by atoms with Gasteiger partial charge in [-0.2, -0.15) is 0 Å². The molecule has 1 N–H and O–H groups in total. The lowest BCUT2D eigenvalue weighted by atomic mass is 10.3. The van der Waals surface area contributed by atoms with Gasteiger partial charge in [0.25, 0.3) is 0 Å².